The zero-order valence-corrected chi connectivity index (χ0v) is 9.56. The molecule has 0 radical (unpaired) electrons. The average molecular weight is 232 g/mol. The van der Waals surface area contributed by atoms with E-state index in [1.54, 1.807) is 32.4 Å². The van der Waals surface area contributed by atoms with Crippen LogP contribution < -0.4 is 10.1 Å². The number of amides is 3. The van der Waals surface area contributed by atoms with Crippen molar-refractivity contribution in [1.29, 1.82) is 0 Å². The van der Waals surface area contributed by atoms with Crippen LogP contribution in [0.15, 0.2) is 30.0 Å². The van der Waals surface area contributed by atoms with E-state index in [1.807, 2.05) is 12.1 Å². The number of rotatable bonds is 2. The molecule has 1 fully saturated rings. The summed E-state index contributed by atoms with van der Waals surface area (Å²) in [4.78, 5) is 24.0. The van der Waals surface area contributed by atoms with Crippen LogP contribution in [0.4, 0.5) is 4.79 Å². The van der Waals surface area contributed by atoms with Gasteiger partial charge in [0.15, 0.2) is 0 Å². The molecule has 0 saturated carbocycles. The monoisotopic (exact) mass is 232 g/mol. The van der Waals surface area contributed by atoms with Gasteiger partial charge in [0.05, 0.1) is 7.11 Å². The van der Waals surface area contributed by atoms with E-state index in [0.717, 1.165) is 11.3 Å². The number of nitrogens with one attached hydrogen (secondary N) is 1. The van der Waals surface area contributed by atoms with Crippen LogP contribution in [-0.4, -0.2) is 31.0 Å². The summed E-state index contributed by atoms with van der Waals surface area (Å²) in [6.45, 7) is 0. The molecule has 0 bridgehead atoms. The molecule has 1 aromatic rings. The summed E-state index contributed by atoms with van der Waals surface area (Å²) in [7, 11) is 3.14. The first kappa shape index (κ1) is 11.2. The van der Waals surface area contributed by atoms with Crippen LogP contribution in [0.5, 0.6) is 5.75 Å². The van der Waals surface area contributed by atoms with E-state index in [4.69, 9.17) is 4.74 Å². The Kier molecular flexibility index (Phi) is 2.82. The van der Waals surface area contributed by atoms with Crippen molar-refractivity contribution in [3.05, 3.63) is 35.5 Å². The fourth-order valence-corrected chi connectivity index (χ4v) is 1.53. The highest BCUT2D eigenvalue weighted by Crippen LogP contribution is 2.17. The number of imide groups is 1. The molecule has 1 heterocycles. The van der Waals surface area contributed by atoms with Crippen molar-refractivity contribution >= 4 is 18.0 Å². The van der Waals surface area contributed by atoms with E-state index in [-0.39, 0.29) is 5.91 Å². The van der Waals surface area contributed by atoms with Gasteiger partial charge < -0.3 is 4.74 Å². The normalized spacial score (nSPS) is 17.5. The van der Waals surface area contributed by atoms with E-state index < -0.39 is 6.03 Å². The van der Waals surface area contributed by atoms with E-state index in [1.165, 1.54) is 4.90 Å². The molecular formula is C12H12N2O3. The van der Waals surface area contributed by atoms with Gasteiger partial charge in [0.2, 0.25) is 0 Å². The van der Waals surface area contributed by atoms with Gasteiger partial charge >= 0.3 is 6.03 Å². The van der Waals surface area contributed by atoms with Crippen molar-refractivity contribution in [3.8, 4) is 5.75 Å². The minimum absolute atomic E-state index is 0.333. The second kappa shape index (κ2) is 4.29. The summed E-state index contributed by atoms with van der Waals surface area (Å²) >= 11 is 0. The van der Waals surface area contributed by atoms with Gasteiger partial charge in [0.25, 0.3) is 5.91 Å². The third kappa shape index (κ3) is 2.13. The zero-order valence-electron chi connectivity index (χ0n) is 9.56. The zero-order chi connectivity index (χ0) is 12.4. The van der Waals surface area contributed by atoms with Gasteiger partial charge in [-0.2, -0.15) is 0 Å². The van der Waals surface area contributed by atoms with Crippen molar-refractivity contribution in [2.75, 3.05) is 14.2 Å². The van der Waals surface area contributed by atoms with Crippen LogP contribution in [-0.2, 0) is 4.79 Å². The summed E-state index contributed by atoms with van der Waals surface area (Å²) in [5, 5.41) is 2.21. The summed E-state index contributed by atoms with van der Waals surface area (Å²) in [6, 6.07) is 6.81. The molecule has 0 unspecified atom stereocenters. The Labute approximate surface area is 98.7 Å². The first-order chi connectivity index (χ1) is 8.11. The van der Waals surface area contributed by atoms with Gasteiger partial charge in [-0.1, -0.05) is 12.1 Å². The number of likely N-dealkylation sites (N-methyl/N-ethyl adjacent to an activating group) is 1. The molecule has 1 aromatic carbocycles. The maximum Gasteiger partial charge on any atom is 0.328 e. The highest BCUT2D eigenvalue weighted by molar-refractivity contribution is 6.13. The molecule has 2 rings (SSSR count). The summed E-state index contributed by atoms with van der Waals surface area (Å²) in [5.74, 6) is 0.362. The largest absolute Gasteiger partial charge is 0.497 e. The predicted molar refractivity (Wildman–Crippen MR) is 62.3 cm³/mol. The SMILES string of the molecule is COc1ccc(C=C2C(=O)NC(=O)N2C)cc1. The lowest BCUT2D eigenvalue weighted by molar-refractivity contribution is -0.115. The van der Waals surface area contributed by atoms with Crippen LogP contribution in [0.1, 0.15) is 5.56 Å². The molecule has 17 heavy (non-hydrogen) atoms. The highest BCUT2D eigenvalue weighted by atomic mass is 16.5. The minimum Gasteiger partial charge on any atom is -0.497 e. The predicted octanol–water partition coefficient (Wildman–Crippen LogP) is 1.22. The van der Waals surface area contributed by atoms with Crippen LogP contribution in [0, 0.1) is 0 Å². The maximum atomic E-state index is 11.5. The second-order valence-electron chi connectivity index (χ2n) is 3.62. The molecule has 0 aromatic heterocycles. The van der Waals surface area contributed by atoms with Gasteiger partial charge in [0.1, 0.15) is 11.4 Å². The minimum atomic E-state index is -0.408. The Hall–Kier alpha value is -2.30. The van der Waals surface area contributed by atoms with E-state index in [0.29, 0.717) is 5.70 Å². The van der Waals surface area contributed by atoms with Gasteiger partial charge in [-0.3, -0.25) is 15.0 Å². The number of hydrogen-bond acceptors (Lipinski definition) is 3. The molecule has 88 valence electrons. The van der Waals surface area contributed by atoms with Crippen LogP contribution in [0.25, 0.3) is 6.08 Å². The molecule has 0 atom stereocenters. The quantitative estimate of drug-likeness (QED) is 0.616. The fourth-order valence-electron chi connectivity index (χ4n) is 1.53. The summed E-state index contributed by atoms with van der Waals surface area (Å²) in [6.07, 6.45) is 1.65. The number of ether oxygens (including phenoxy) is 1. The van der Waals surface area contributed by atoms with Gasteiger partial charge in [-0.05, 0) is 23.8 Å². The molecule has 5 nitrogen and oxygen atoms in total. The van der Waals surface area contributed by atoms with Crippen molar-refractivity contribution in [3.63, 3.8) is 0 Å². The Morgan fingerprint density at radius 3 is 2.35 bits per heavy atom. The molecule has 0 spiro atoms. The maximum absolute atomic E-state index is 11.5. The number of carbonyl (C=O) groups is 2. The Morgan fingerprint density at radius 2 is 1.88 bits per heavy atom. The Balaban J connectivity index is 2.29. The lowest BCUT2D eigenvalue weighted by Crippen LogP contribution is -2.24. The average Bonchev–Trinajstić information content (AvgIpc) is 2.57. The number of nitrogens with zero attached hydrogens (tertiary/aromatic N) is 1. The topological polar surface area (TPSA) is 58.6 Å². The number of methoxy groups -OCH3 is 1. The molecular weight excluding hydrogens is 220 g/mol. The lowest BCUT2D eigenvalue weighted by atomic mass is 10.2. The Morgan fingerprint density at radius 1 is 1.24 bits per heavy atom. The standard InChI is InChI=1S/C12H12N2O3/c1-14-10(11(15)13-12(14)16)7-8-3-5-9(17-2)6-4-8/h3-7H,1-2H3,(H,13,15,16). The molecule has 5 heteroatoms. The van der Waals surface area contributed by atoms with Crippen molar-refractivity contribution in [2.45, 2.75) is 0 Å². The fraction of sp³-hybridized carbons (Fsp3) is 0.167. The smallest absolute Gasteiger partial charge is 0.328 e. The molecule has 3 amide bonds. The van der Waals surface area contributed by atoms with Crippen molar-refractivity contribution < 1.29 is 14.3 Å². The molecule has 1 saturated heterocycles. The molecule has 0 aliphatic carbocycles. The van der Waals surface area contributed by atoms with E-state index >= 15 is 0 Å². The summed E-state index contributed by atoms with van der Waals surface area (Å²) in [5.41, 5.74) is 1.16. The lowest BCUT2D eigenvalue weighted by Gasteiger charge is -2.06. The summed E-state index contributed by atoms with van der Waals surface area (Å²) < 4.78 is 5.03. The third-order valence-electron chi connectivity index (χ3n) is 2.54. The Bertz CT molecular complexity index is 491. The van der Waals surface area contributed by atoms with E-state index in [9.17, 15) is 9.59 Å². The number of hydrogen-bond donors (Lipinski definition) is 1. The highest BCUT2D eigenvalue weighted by Gasteiger charge is 2.29. The molecule has 1 N–H and O–H groups in total. The number of benzene rings is 1. The van der Waals surface area contributed by atoms with Gasteiger partial charge in [-0.15, -0.1) is 0 Å². The van der Waals surface area contributed by atoms with Crippen LogP contribution >= 0.6 is 0 Å². The van der Waals surface area contributed by atoms with Crippen molar-refractivity contribution in [1.82, 2.24) is 10.2 Å². The number of urea groups is 1. The van der Waals surface area contributed by atoms with Crippen LogP contribution in [0.2, 0.25) is 0 Å². The first-order valence-electron chi connectivity index (χ1n) is 5.06. The van der Waals surface area contributed by atoms with Gasteiger partial charge in [0, 0.05) is 7.05 Å². The molecule has 1 aliphatic rings. The van der Waals surface area contributed by atoms with Crippen LogP contribution in [0.3, 0.4) is 0 Å². The van der Waals surface area contributed by atoms with Gasteiger partial charge in [-0.25, -0.2) is 4.79 Å². The van der Waals surface area contributed by atoms with Crippen molar-refractivity contribution in [2.24, 2.45) is 0 Å². The number of carbonyl (C=O) groups excluding carboxylic acids is 2. The second-order valence-corrected chi connectivity index (χ2v) is 3.62. The van der Waals surface area contributed by atoms with E-state index in [2.05, 4.69) is 5.32 Å². The third-order valence-corrected chi connectivity index (χ3v) is 2.54. The molecule has 1 aliphatic heterocycles. The first-order valence-corrected chi connectivity index (χ1v) is 5.06.